The van der Waals surface area contributed by atoms with Gasteiger partial charge in [0.15, 0.2) is 0 Å². The molecule has 2 fully saturated rings. The molecule has 2 heteroatoms. The molecule has 11 aliphatic rings. The highest BCUT2D eigenvalue weighted by Gasteiger charge is 2.69. The molecule has 2 saturated carbocycles. The minimum Gasteiger partial charge on any atom is -0.382 e. The fourth-order valence-corrected chi connectivity index (χ4v) is 14.8. The number of hydrogen-bond donors (Lipinski definition) is 1. The minimum absolute atomic E-state index is 0.198. The zero-order chi connectivity index (χ0) is 34.9. The van der Waals surface area contributed by atoms with Crippen molar-refractivity contribution in [2.24, 2.45) is 40.9 Å². The quantitative estimate of drug-likeness (QED) is 0.287. The predicted octanol–water partition coefficient (Wildman–Crippen LogP) is 11.9. The second-order valence-corrected chi connectivity index (χ2v) is 18.8. The van der Waals surface area contributed by atoms with Crippen molar-refractivity contribution in [3.8, 4) is 0 Å². The van der Waals surface area contributed by atoms with Gasteiger partial charge in [0.25, 0.3) is 0 Å². The van der Waals surface area contributed by atoms with Gasteiger partial charge in [0.1, 0.15) is 0 Å². The number of rotatable bonds is 5. The third-order valence-electron chi connectivity index (χ3n) is 16.6. The van der Waals surface area contributed by atoms with Crippen LogP contribution in [0.2, 0.25) is 0 Å². The topological polar surface area (TPSA) is 15.3 Å². The van der Waals surface area contributed by atoms with Gasteiger partial charge in [-0.05, 0) is 154 Å². The summed E-state index contributed by atoms with van der Waals surface area (Å²) >= 11 is 0. The van der Waals surface area contributed by atoms with Crippen LogP contribution in [0.3, 0.4) is 0 Å². The lowest BCUT2D eigenvalue weighted by molar-refractivity contribution is 0.0187. The van der Waals surface area contributed by atoms with E-state index in [2.05, 4.69) is 101 Å². The molecule has 0 bridgehead atoms. The van der Waals surface area contributed by atoms with Gasteiger partial charge in [-0.1, -0.05) is 115 Å². The first kappa shape index (κ1) is 33.3. The number of hydrogen-bond acceptors (Lipinski definition) is 2. The van der Waals surface area contributed by atoms with Gasteiger partial charge < -0.3 is 5.32 Å². The Labute approximate surface area is 320 Å². The van der Waals surface area contributed by atoms with Crippen LogP contribution in [-0.2, 0) is 0 Å². The number of nitrogens with one attached hydrogen (secondary N) is 1. The van der Waals surface area contributed by atoms with Crippen molar-refractivity contribution in [1.82, 2.24) is 10.2 Å². The van der Waals surface area contributed by atoms with Gasteiger partial charge in [-0.15, -0.1) is 0 Å². The van der Waals surface area contributed by atoms with E-state index in [1.807, 2.05) is 16.7 Å². The van der Waals surface area contributed by atoms with Crippen LogP contribution in [0.15, 0.2) is 130 Å². The molecule has 2 nitrogen and oxygen atoms in total. The van der Waals surface area contributed by atoms with Crippen LogP contribution in [-0.4, -0.2) is 29.1 Å². The maximum Gasteiger partial charge on any atom is 0.0482 e. The van der Waals surface area contributed by atoms with E-state index < -0.39 is 0 Å². The Bertz CT molecular complexity index is 1840. The molecule has 53 heavy (non-hydrogen) atoms. The monoisotopic (exact) mass is 702 g/mol. The van der Waals surface area contributed by atoms with Gasteiger partial charge in [0.2, 0.25) is 0 Å². The Morgan fingerprint density at radius 3 is 2.53 bits per heavy atom. The maximum atomic E-state index is 4.05. The van der Waals surface area contributed by atoms with Crippen molar-refractivity contribution in [3.05, 3.63) is 130 Å². The highest BCUT2D eigenvalue weighted by molar-refractivity contribution is 5.53. The van der Waals surface area contributed by atoms with E-state index in [1.165, 1.54) is 108 Å². The van der Waals surface area contributed by atoms with Gasteiger partial charge in [0.05, 0.1) is 0 Å². The van der Waals surface area contributed by atoms with Crippen molar-refractivity contribution in [1.29, 1.82) is 0 Å². The first-order valence-electron chi connectivity index (χ1n) is 22.4. The summed E-state index contributed by atoms with van der Waals surface area (Å²) in [5.74, 6) is 3.74. The molecule has 11 aliphatic carbocycles. The molecule has 11 rings (SSSR count). The van der Waals surface area contributed by atoms with Crippen LogP contribution in [0.5, 0.6) is 0 Å². The van der Waals surface area contributed by atoms with E-state index in [1.54, 1.807) is 16.7 Å². The zero-order valence-corrected chi connectivity index (χ0v) is 32.1. The smallest absolute Gasteiger partial charge is 0.0482 e. The van der Waals surface area contributed by atoms with Gasteiger partial charge >= 0.3 is 0 Å². The lowest BCUT2D eigenvalue weighted by Gasteiger charge is -2.52. The van der Waals surface area contributed by atoms with Crippen molar-refractivity contribution in [3.63, 3.8) is 0 Å². The molecule has 0 amide bonds. The maximum absolute atomic E-state index is 4.05. The summed E-state index contributed by atoms with van der Waals surface area (Å²) in [7, 11) is 0. The molecule has 0 radical (unpaired) electrons. The lowest BCUT2D eigenvalue weighted by Crippen LogP contribution is -2.55. The Kier molecular flexibility index (Phi) is 8.52. The van der Waals surface area contributed by atoms with E-state index in [0.717, 1.165) is 18.9 Å². The molecule has 1 N–H and O–H groups in total. The molecule has 0 saturated heterocycles. The summed E-state index contributed by atoms with van der Waals surface area (Å²) < 4.78 is 0. The highest BCUT2D eigenvalue weighted by Crippen LogP contribution is 2.73. The summed E-state index contributed by atoms with van der Waals surface area (Å²) in [6.45, 7) is 0. The first-order chi connectivity index (χ1) is 26.3. The Morgan fingerprint density at radius 1 is 0.679 bits per heavy atom. The van der Waals surface area contributed by atoms with E-state index >= 15 is 0 Å². The predicted molar refractivity (Wildman–Crippen MR) is 220 cm³/mol. The Hall–Kier alpha value is -3.10. The van der Waals surface area contributed by atoms with Crippen molar-refractivity contribution < 1.29 is 0 Å². The third kappa shape index (κ3) is 5.27. The standard InChI is InChI=1S/C51H62N2/c1-3-15-36(16-4-1)52-37-29-31-42-41-20-9-11-22-45(41)51(48(42)32-37)46-23-12-10-21-43(46)50-47(51)24-13-25-49(50)53(38-17-5-2-6-18-38)39-30-28-35-27-26-34-14-7-8-19-40(34)44(35)33-39/h1,3,9-11,13,15,20-22,24,28-31,37-39,41,43,45-47,49-50,52H,2,4-8,12,14,16-19,23,25-27,32-33H2. The molecule has 1 spiro atoms. The highest BCUT2D eigenvalue weighted by atomic mass is 15.2. The van der Waals surface area contributed by atoms with Crippen LogP contribution >= 0.6 is 0 Å². The van der Waals surface area contributed by atoms with Gasteiger partial charge in [-0.3, -0.25) is 4.90 Å². The molecular weight excluding hydrogens is 641 g/mol. The van der Waals surface area contributed by atoms with Gasteiger partial charge in [0, 0.05) is 41.2 Å². The Balaban J connectivity index is 0.996. The average Bonchev–Trinajstić information content (AvgIpc) is 3.69. The third-order valence-corrected chi connectivity index (χ3v) is 16.6. The molecule has 10 atom stereocenters. The van der Waals surface area contributed by atoms with Gasteiger partial charge in [-0.25, -0.2) is 0 Å². The summed E-state index contributed by atoms with van der Waals surface area (Å²) in [6, 6.07) is 2.26. The molecular formula is C51H62N2. The Morgan fingerprint density at radius 2 is 1.60 bits per heavy atom. The van der Waals surface area contributed by atoms with E-state index in [-0.39, 0.29) is 5.41 Å². The first-order valence-corrected chi connectivity index (χ1v) is 22.4. The van der Waals surface area contributed by atoms with Crippen molar-refractivity contribution in [2.75, 3.05) is 0 Å². The normalized spacial score (nSPS) is 41.1. The summed E-state index contributed by atoms with van der Waals surface area (Å²) in [5.41, 5.74) is 12.3. The largest absolute Gasteiger partial charge is 0.382 e. The van der Waals surface area contributed by atoms with Crippen LogP contribution in [0.4, 0.5) is 0 Å². The average molecular weight is 703 g/mol. The number of allylic oxidation sites excluding steroid dienone is 17. The molecule has 0 aromatic heterocycles. The van der Waals surface area contributed by atoms with Crippen LogP contribution in [0.1, 0.15) is 116 Å². The number of nitrogens with zero attached hydrogens (tertiary/aromatic N) is 1. The SMILES string of the molecule is C1=CCCC(NC2C=CC3=C(C2)C2(C4C=CC=CC34)C3C=CCC(N(C4C=CC5=C(C4)C4=C(CCCC4)CC5)C4CCCCC4)C3C3C=CCCC32)=C1. The minimum atomic E-state index is 0.198. The zero-order valence-electron chi connectivity index (χ0n) is 32.1. The van der Waals surface area contributed by atoms with E-state index in [9.17, 15) is 0 Å². The summed E-state index contributed by atoms with van der Waals surface area (Å²) in [6.07, 6.45) is 62.2. The second kappa shape index (κ2) is 13.6. The number of fused-ring (bicyclic) bond motifs is 10. The lowest BCUT2D eigenvalue weighted by atomic mass is 9.56. The summed E-state index contributed by atoms with van der Waals surface area (Å²) in [5, 5.41) is 4.05. The van der Waals surface area contributed by atoms with E-state index in [4.69, 9.17) is 0 Å². The van der Waals surface area contributed by atoms with Crippen molar-refractivity contribution in [2.45, 2.75) is 140 Å². The molecule has 10 unspecified atom stereocenters. The fourth-order valence-electron chi connectivity index (χ4n) is 14.8. The second-order valence-electron chi connectivity index (χ2n) is 18.8. The van der Waals surface area contributed by atoms with Crippen LogP contribution < -0.4 is 5.32 Å². The fraction of sp³-hybridized carbons (Fsp3) is 0.569. The molecule has 0 aromatic rings. The summed E-state index contributed by atoms with van der Waals surface area (Å²) in [4.78, 5) is 3.24. The van der Waals surface area contributed by atoms with Crippen LogP contribution in [0.25, 0.3) is 0 Å². The molecule has 0 aromatic carbocycles. The molecule has 0 aliphatic heterocycles. The van der Waals surface area contributed by atoms with Gasteiger partial charge in [-0.2, -0.15) is 0 Å². The van der Waals surface area contributed by atoms with Crippen molar-refractivity contribution >= 4 is 0 Å². The molecule has 276 valence electrons. The molecule has 0 heterocycles. The van der Waals surface area contributed by atoms with Crippen LogP contribution in [0, 0.1) is 40.9 Å². The van der Waals surface area contributed by atoms with E-state index in [0.29, 0.717) is 53.6 Å².